The number of nitrogens with one attached hydrogen (secondary N) is 1. The summed E-state index contributed by atoms with van der Waals surface area (Å²) < 4.78 is 6.10. The van der Waals surface area contributed by atoms with Gasteiger partial charge in [0.2, 0.25) is 0 Å². The summed E-state index contributed by atoms with van der Waals surface area (Å²) in [6.07, 6.45) is 5.95. The van der Waals surface area contributed by atoms with E-state index in [1.54, 1.807) is 13.8 Å². The van der Waals surface area contributed by atoms with Gasteiger partial charge in [-0.25, -0.2) is 0 Å². The number of aliphatic hydroxyl groups excluding tert-OH is 4. The van der Waals surface area contributed by atoms with Crippen LogP contribution in [0.3, 0.4) is 0 Å². The largest absolute Gasteiger partial charge is 0.391 e. The number of rotatable bonds is 6. The number of aliphatic imine (C=N–C) groups is 1. The Bertz CT molecular complexity index is 1500. The first-order valence-electron chi connectivity index (χ1n) is 20.4. The molecule has 19 atom stereocenters. The van der Waals surface area contributed by atoms with Crippen LogP contribution >= 0.6 is 0 Å². The molecule has 5 saturated carbocycles. The Balaban J connectivity index is 1.31. The molecule has 2 spiro atoms. The molecular formula is C41H65N3O8. The van der Waals surface area contributed by atoms with E-state index in [1.807, 2.05) is 0 Å². The summed E-state index contributed by atoms with van der Waals surface area (Å²) in [6, 6.07) is 0. The summed E-state index contributed by atoms with van der Waals surface area (Å²) in [4.78, 5) is 20.2. The van der Waals surface area contributed by atoms with E-state index >= 15 is 4.79 Å². The molecule has 52 heavy (non-hydrogen) atoms. The van der Waals surface area contributed by atoms with Gasteiger partial charge in [0.25, 0.3) is 0 Å². The summed E-state index contributed by atoms with van der Waals surface area (Å²) >= 11 is 0. The predicted molar refractivity (Wildman–Crippen MR) is 195 cm³/mol. The zero-order valence-corrected chi connectivity index (χ0v) is 31.9. The van der Waals surface area contributed by atoms with Crippen LogP contribution in [0.25, 0.3) is 0 Å². The van der Waals surface area contributed by atoms with Crippen molar-refractivity contribution in [1.29, 1.82) is 0 Å². The van der Waals surface area contributed by atoms with Crippen LogP contribution in [0.15, 0.2) is 17.1 Å². The molecule has 9 aliphatic rings. The van der Waals surface area contributed by atoms with E-state index in [0.29, 0.717) is 38.0 Å². The zero-order chi connectivity index (χ0) is 37.4. The number of nitrogens with two attached hydrogens (primary N) is 1. The molecule has 292 valence electrons. The third-order valence-electron chi connectivity index (χ3n) is 17.5. The first-order valence-corrected chi connectivity index (χ1v) is 20.4. The monoisotopic (exact) mass is 727 g/mol. The van der Waals surface area contributed by atoms with Gasteiger partial charge in [-0.2, -0.15) is 0 Å². The fourth-order valence-corrected chi connectivity index (χ4v) is 14.7. The van der Waals surface area contributed by atoms with Gasteiger partial charge in [-0.15, -0.1) is 0 Å². The quantitative estimate of drug-likeness (QED) is 0.188. The minimum atomic E-state index is -1.60. The van der Waals surface area contributed by atoms with E-state index in [-0.39, 0.29) is 60.4 Å². The lowest BCUT2D eigenvalue weighted by molar-refractivity contribution is -0.281. The molecule has 7 aliphatic carbocycles. The first-order chi connectivity index (χ1) is 24.4. The summed E-state index contributed by atoms with van der Waals surface area (Å²) in [7, 11) is 0. The molecule has 2 saturated heterocycles. The van der Waals surface area contributed by atoms with Crippen molar-refractivity contribution in [3.63, 3.8) is 0 Å². The number of Topliss-reactive ketones (excluding diaryl/α,β-unsaturated/α-hetero) is 1. The number of piperidine rings is 1. The molecule has 0 aromatic heterocycles. The van der Waals surface area contributed by atoms with Gasteiger partial charge in [0.1, 0.15) is 6.10 Å². The van der Waals surface area contributed by atoms with Crippen LogP contribution in [0.2, 0.25) is 0 Å². The summed E-state index contributed by atoms with van der Waals surface area (Å²) in [6.45, 7) is 10.9. The van der Waals surface area contributed by atoms with Crippen LogP contribution in [-0.2, 0) is 9.53 Å². The summed E-state index contributed by atoms with van der Waals surface area (Å²) in [5, 5.41) is 75.2. The Labute approximate surface area is 308 Å². The lowest BCUT2D eigenvalue weighted by Crippen LogP contribution is -2.78. The van der Waals surface area contributed by atoms with Crippen LogP contribution in [0.1, 0.15) is 98.8 Å². The van der Waals surface area contributed by atoms with Crippen molar-refractivity contribution in [2.45, 2.75) is 147 Å². The van der Waals surface area contributed by atoms with Crippen LogP contribution in [0.4, 0.5) is 0 Å². The smallest absolute Gasteiger partial charge is 0.180 e. The Morgan fingerprint density at radius 2 is 1.87 bits per heavy atom. The Morgan fingerprint density at radius 1 is 1.12 bits per heavy atom. The molecule has 9 rings (SSSR count). The molecule has 19 unspecified atom stereocenters. The van der Waals surface area contributed by atoms with Crippen LogP contribution in [0, 0.1) is 63.1 Å². The fraction of sp³-hybridized carbons (Fsp3) is 0.902. The predicted octanol–water partition coefficient (Wildman–Crippen LogP) is 2.09. The molecule has 11 nitrogen and oxygen atoms in total. The maximum atomic E-state index is 15.3. The van der Waals surface area contributed by atoms with Crippen LogP contribution in [0.5, 0.6) is 0 Å². The van der Waals surface area contributed by atoms with Gasteiger partial charge in [0, 0.05) is 30.4 Å². The number of carbonyl (C=O) groups is 1. The van der Waals surface area contributed by atoms with Gasteiger partial charge >= 0.3 is 0 Å². The van der Waals surface area contributed by atoms with E-state index in [2.05, 4.69) is 38.2 Å². The summed E-state index contributed by atoms with van der Waals surface area (Å²) in [5.74, 6) is -1.57. The summed E-state index contributed by atoms with van der Waals surface area (Å²) in [5.41, 5.74) is 0.965. The molecule has 2 heterocycles. The second kappa shape index (κ2) is 12.4. The van der Waals surface area contributed by atoms with E-state index in [0.717, 1.165) is 32.2 Å². The second-order valence-electron chi connectivity index (χ2n) is 19.8. The van der Waals surface area contributed by atoms with Crippen LogP contribution < -0.4 is 11.1 Å². The number of ether oxygens (including phenoxy) is 1. The highest BCUT2D eigenvalue weighted by Gasteiger charge is 2.82. The number of carbonyl (C=O) groups excluding carboxylic acids is 1. The van der Waals surface area contributed by atoms with E-state index in [9.17, 15) is 30.6 Å². The maximum absolute atomic E-state index is 15.3. The second-order valence-corrected chi connectivity index (χ2v) is 19.8. The minimum Gasteiger partial charge on any atom is -0.391 e. The van der Waals surface area contributed by atoms with Crippen molar-refractivity contribution >= 4 is 11.5 Å². The third-order valence-corrected chi connectivity index (χ3v) is 17.5. The van der Waals surface area contributed by atoms with Gasteiger partial charge < -0.3 is 46.4 Å². The molecular weight excluding hydrogens is 662 g/mol. The standard InChI is InChI=1S/C41H65N3O8/c1-21-19-52-33(23(21)3)35(49)37(5,50)29-9-11-41(51)34-31(44-17-22(2)45)32(48)26-14-27(46)28(47)16-39(26)20-38(25-6-7-30(42)43-18-25)10-8-24(15-36(29,41)4)40(34,39)13-12-38/h8,10,21-30,33-35,43,45-47,49-51H,6-7,9,11-20,42H2,1-5H3. The molecule has 0 aromatic carbocycles. The average Bonchev–Trinajstić information content (AvgIpc) is 3.46. The van der Waals surface area contributed by atoms with E-state index in [4.69, 9.17) is 15.5 Å². The lowest BCUT2D eigenvalue weighted by atomic mass is 9.29. The van der Waals surface area contributed by atoms with Crippen molar-refractivity contribution < 1.29 is 40.2 Å². The Kier molecular flexibility index (Phi) is 8.94. The number of fused-ring (bicyclic) bond motifs is 3. The molecule has 7 fully saturated rings. The average molecular weight is 728 g/mol. The lowest BCUT2D eigenvalue weighted by Gasteiger charge is -2.75. The van der Waals surface area contributed by atoms with Crippen molar-refractivity contribution in [1.82, 2.24) is 5.32 Å². The van der Waals surface area contributed by atoms with Crippen LogP contribution in [-0.4, -0.2) is 110 Å². The number of hydrogen-bond acceptors (Lipinski definition) is 11. The van der Waals surface area contributed by atoms with Crippen molar-refractivity contribution in [3.8, 4) is 0 Å². The fourth-order valence-electron chi connectivity index (χ4n) is 14.7. The molecule has 0 aromatic rings. The molecule has 11 heteroatoms. The van der Waals surface area contributed by atoms with E-state index < -0.39 is 75.7 Å². The minimum absolute atomic E-state index is 0.0126. The van der Waals surface area contributed by atoms with Gasteiger partial charge in [0.05, 0.1) is 54.0 Å². The number of ketones is 1. The number of hydrogen-bond donors (Lipinski definition) is 8. The number of aliphatic hydroxyl groups is 6. The molecule has 0 radical (unpaired) electrons. The highest BCUT2D eigenvalue weighted by Crippen LogP contribution is 2.81. The van der Waals surface area contributed by atoms with Gasteiger partial charge in [-0.05, 0) is 124 Å². The highest BCUT2D eigenvalue weighted by molar-refractivity contribution is 6.43. The Hall–Kier alpha value is -1.28. The van der Waals surface area contributed by atoms with Gasteiger partial charge in [-0.3, -0.25) is 9.79 Å². The van der Waals surface area contributed by atoms with Crippen molar-refractivity contribution in [2.75, 3.05) is 19.7 Å². The molecule has 9 N–H and O–H groups in total. The third kappa shape index (κ3) is 4.82. The van der Waals surface area contributed by atoms with Gasteiger partial charge in [-0.1, -0.05) is 32.9 Å². The first kappa shape index (κ1) is 37.6. The number of allylic oxidation sites excluding steroid dienone is 2. The maximum Gasteiger partial charge on any atom is 0.180 e. The highest BCUT2D eigenvalue weighted by atomic mass is 16.5. The molecule has 2 aliphatic heterocycles. The van der Waals surface area contributed by atoms with Crippen molar-refractivity contribution in [3.05, 3.63) is 12.2 Å². The zero-order valence-electron chi connectivity index (χ0n) is 31.9. The normalized spacial score (nSPS) is 55.7. The topological polar surface area (TPSA) is 198 Å². The van der Waals surface area contributed by atoms with Crippen molar-refractivity contribution in [2.24, 2.45) is 73.8 Å². The molecule has 2 bridgehead atoms. The Morgan fingerprint density at radius 3 is 2.52 bits per heavy atom. The van der Waals surface area contributed by atoms with Gasteiger partial charge in [0.15, 0.2) is 5.78 Å². The molecule has 0 amide bonds. The SMILES string of the molecule is CC(O)CN=C1C(=O)C2CC(O)C(O)CC23CC2(C4CCC(N)NC4)C=CC4CC5(C)C(C(C)(O)C(O)C6OCC(C)C6C)CCC5(O)C1C43CC2. The number of nitrogens with zero attached hydrogens (tertiary/aromatic N) is 1. The van der Waals surface area contributed by atoms with E-state index in [1.165, 1.54) is 0 Å².